The van der Waals surface area contributed by atoms with E-state index >= 15 is 0 Å². The fourth-order valence-corrected chi connectivity index (χ4v) is 4.61. The third-order valence-electron chi connectivity index (χ3n) is 5.88. The Hall–Kier alpha value is -2.74. The summed E-state index contributed by atoms with van der Waals surface area (Å²) in [5, 5.41) is 13.1. The summed E-state index contributed by atoms with van der Waals surface area (Å²) in [6.07, 6.45) is -3.72. The molecule has 4 rings (SSSR count). The Kier molecular flexibility index (Phi) is 6.55. The maximum absolute atomic E-state index is 13.8. The molecule has 1 aliphatic rings. The van der Waals surface area contributed by atoms with E-state index in [-0.39, 0.29) is 5.56 Å². The van der Waals surface area contributed by atoms with E-state index in [2.05, 4.69) is 0 Å². The molecule has 1 unspecified atom stereocenters. The quantitative estimate of drug-likeness (QED) is 0.388. The molecule has 9 heteroatoms. The van der Waals surface area contributed by atoms with Gasteiger partial charge in [0, 0.05) is 27.0 Å². The van der Waals surface area contributed by atoms with Crippen LogP contribution >= 0.6 is 23.2 Å². The summed E-state index contributed by atoms with van der Waals surface area (Å²) in [6.45, 7) is 1.88. The van der Waals surface area contributed by atoms with E-state index in [0.717, 1.165) is 17.0 Å². The Morgan fingerprint density at radius 3 is 2.03 bits per heavy atom. The molecular formula is C25H21Cl2F3N2O2. The standard InChI is InChI=1S/C25H21Cl2F3N2O2/c1-2-4-22-24(34,16-5-3-6-17(15-16)25(28,29)30)32(21-13-9-19(27)10-14-21)23(33)31(22)20-11-7-18(26)8-12-20/h3,5-15,22,34H,2,4H2,1H3/t22-,24?/m1/s1. The Labute approximate surface area is 205 Å². The highest BCUT2D eigenvalue weighted by atomic mass is 35.5. The summed E-state index contributed by atoms with van der Waals surface area (Å²) in [5.74, 6) is 0. The molecule has 4 nitrogen and oxygen atoms in total. The molecule has 0 saturated carbocycles. The van der Waals surface area contributed by atoms with Gasteiger partial charge in [-0.15, -0.1) is 0 Å². The maximum atomic E-state index is 13.8. The van der Waals surface area contributed by atoms with Crippen LogP contribution < -0.4 is 9.80 Å². The number of carbonyl (C=O) groups excluding carboxylic acids is 1. The number of carbonyl (C=O) groups is 1. The predicted molar refractivity (Wildman–Crippen MR) is 127 cm³/mol. The predicted octanol–water partition coefficient (Wildman–Crippen LogP) is 7.47. The van der Waals surface area contributed by atoms with E-state index < -0.39 is 29.5 Å². The Morgan fingerprint density at radius 1 is 0.941 bits per heavy atom. The lowest BCUT2D eigenvalue weighted by atomic mass is 9.89. The molecule has 34 heavy (non-hydrogen) atoms. The molecule has 0 spiro atoms. The van der Waals surface area contributed by atoms with Crippen molar-refractivity contribution < 1.29 is 23.1 Å². The monoisotopic (exact) mass is 508 g/mol. The second-order valence-electron chi connectivity index (χ2n) is 8.05. The molecule has 1 heterocycles. The zero-order valence-corrected chi connectivity index (χ0v) is 19.6. The third kappa shape index (κ3) is 4.24. The number of alkyl halides is 3. The zero-order chi connectivity index (χ0) is 24.7. The smallest absolute Gasteiger partial charge is 0.365 e. The summed E-state index contributed by atoms with van der Waals surface area (Å²) in [6, 6.07) is 15.7. The number of benzene rings is 3. The molecule has 1 saturated heterocycles. The van der Waals surface area contributed by atoms with Crippen LogP contribution in [0.2, 0.25) is 10.0 Å². The molecule has 1 aliphatic heterocycles. The summed E-state index contributed by atoms with van der Waals surface area (Å²) < 4.78 is 40.6. The van der Waals surface area contributed by atoms with E-state index in [1.165, 1.54) is 17.0 Å². The minimum absolute atomic E-state index is 0.0412. The van der Waals surface area contributed by atoms with Crippen LogP contribution in [0.15, 0.2) is 72.8 Å². The summed E-state index contributed by atoms with van der Waals surface area (Å²) in [4.78, 5) is 16.4. The molecule has 0 aromatic heterocycles. The van der Waals surface area contributed by atoms with E-state index in [0.29, 0.717) is 34.3 Å². The van der Waals surface area contributed by atoms with Crippen molar-refractivity contribution in [1.82, 2.24) is 0 Å². The van der Waals surface area contributed by atoms with Crippen molar-refractivity contribution in [3.05, 3.63) is 94.0 Å². The van der Waals surface area contributed by atoms with Crippen molar-refractivity contribution >= 4 is 40.6 Å². The number of rotatable bonds is 5. The number of hydrogen-bond acceptors (Lipinski definition) is 2. The number of nitrogens with zero attached hydrogens (tertiary/aromatic N) is 2. The fourth-order valence-electron chi connectivity index (χ4n) is 4.36. The maximum Gasteiger partial charge on any atom is 0.416 e. The molecule has 3 aromatic rings. The van der Waals surface area contributed by atoms with Gasteiger partial charge in [0.05, 0.1) is 11.6 Å². The van der Waals surface area contributed by atoms with Crippen molar-refractivity contribution in [3.63, 3.8) is 0 Å². The molecule has 0 aliphatic carbocycles. The molecule has 2 amide bonds. The van der Waals surface area contributed by atoms with Crippen LogP contribution in [0.5, 0.6) is 0 Å². The van der Waals surface area contributed by atoms with Gasteiger partial charge < -0.3 is 5.11 Å². The molecule has 0 radical (unpaired) electrons. The lowest BCUT2D eigenvalue weighted by Gasteiger charge is -2.37. The zero-order valence-electron chi connectivity index (χ0n) is 18.1. The minimum Gasteiger partial charge on any atom is -0.365 e. The number of anilines is 2. The Morgan fingerprint density at radius 2 is 1.50 bits per heavy atom. The lowest BCUT2D eigenvalue weighted by Crippen LogP contribution is -2.49. The van der Waals surface area contributed by atoms with Gasteiger partial charge >= 0.3 is 12.2 Å². The van der Waals surface area contributed by atoms with Gasteiger partial charge in [-0.1, -0.05) is 48.7 Å². The van der Waals surface area contributed by atoms with Gasteiger partial charge in [0.1, 0.15) is 0 Å². The van der Waals surface area contributed by atoms with Gasteiger partial charge in [0.25, 0.3) is 0 Å². The second kappa shape index (κ2) is 9.13. The highest BCUT2D eigenvalue weighted by molar-refractivity contribution is 6.31. The van der Waals surface area contributed by atoms with Crippen LogP contribution in [0.25, 0.3) is 0 Å². The number of amides is 2. The van der Waals surface area contributed by atoms with Crippen molar-refractivity contribution in [2.24, 2.45) is 0 Å². The largest absolute Gasteiger partial charge is 0.416 e. The molecule has 0 bridgehead atoms. The first kappa shape index (κ1) is 24.4. The highest BCUT2D eigenvalue weighted by Gasteiger charge is 2.58. The van der Waals surface area contributed by atoms with Gasteiger partial charge in [0.2, 0.25) is 0 Å². The Balaban J connectivity index is 1.96. The van der Waals surface area contributed by atoms with E-state index in [1.54, 1.807) is 48.5 Å². The topological polar surface area (TPSA) is 43.8 Å². The van der Waals surface area contributed by atoms with Crippen LogP contribution in [-0.4, -0.2) is 17.2 Å². The summed E-state index contributed by atoms with van der Waals surface area (Å²) in [7, 11) is 0. The van der Waals surface area contributed by atoms with Gasteiger partial charge in [0.15, 0.2) is 5.72 Å². The number of hydrogen-bond donors (Lipinski definition) is 1. The summed E-state index contributed by atoms with van der Waals surface area (Å²) >= 11 is 12.0. The molecule has 178 valence electrons. The normalized spacial score (nSPS) is 20.8. The third-order valence-corrected chi connectivity index (χ3v) is 6.39. The molecular weight excluding hydrogens is 488 g/mol. The minimum atomic E-state index is -4.61. The van der Waals surface area contributed by atoms with Crippen LogP contribution in [0.1, 0.15) is 30.9 Å². The van der Waals surface area contributed by atoms with Crippen LogP contribution in [0.4, 0.5) is 29.3 Å². The number of halogens is 5. The second-order valence-corrected chi connectivity index (χ2v) is 8.92. The van der Waals surface area contributed by atoms with Gasteiger partial charge in [-0.3, -0.25) is 9.80 Å². The van der Waals surface area contributed by atoms with Gasteiger partial charge in [-0.25, -0.2) is 4.79 Å². The van der Waals surface area contributed by atoms with Crippen molar-refractivity contribution in [3.8, 4) is 0 Å². The van der Waals surface area contributed by atoms with Crippen molar-refractivity contribution in [2.75, 3.05) is 9.80 Å². The molecule has 1 N–H and O–H groups in total. The Bertz CT molecular complexity index is 1190. The van der Waals surface area contributed by atoms with Crippen LogP contribution in [-0.2, 0) is 11.9 Å². The number of urea groups is 1. The van der Waals surface area contributed by atoms with E-state index in [1.807, 2.05) is 6.92 Å². The van der Waals surface area contributed by atoms with Crippen molar-refractivity contribution in [2.45, 2.75) is 37.7 Å². The first-order chi connectivity index (χ1) is 16.1. The SMILES string of the molecule is CCC[C@H]1N(c2ccc(Cl)cc2)C(=O)N(c2ccc(Cl)cc2)C1(O)c1cccc(C(F)(F)F)c1. The average Bonchev–Trinajstić information content (AvgIpc) is 3.02. The van der Waals surface area contributed by atoms with E-state index in [9.17, 15) is 23.1 Å². The van der Waals surface area contributed by atoms with Crippen LogP contribution in [0, 0.1) is 0 Å². The van der Waals surface area contributed by atoms with Gasteiger partial charge in [-0.2, -0.15) is 13.2 Å². The fraction of sp³-hybridized carbons (Fsp3) is 0.240. The first-order valence-electron chi connectivity index (χ1n) is 10.6. The summed E-state index contributed by atoms with van der Waals surface area (Å²) in [5.41, 5.74) is -2.29. The molecule has 3 aromatic carbocycles. The van der Waals surface area contributed by atoms with Crippen LogP contribution in [0.3, 0.4) is 0 Å². The van der Waals surface area contributed by atoms with E-state index in [4.69, 9.17) is 23.2 Å². The number of aliphatic hydroxyl groups is 1. The molecule has 2 atom stereocenters. The average molecular weight is 509 g/mol. The van der Waals surface area contributed by atoms with Gasteiger partial charge in [-0.05, 0) is 67.1 Å². The molecule has 1 fully saturated rings. The lowest BCUT2D eigenvalue weighted by molar-refractivity contribution is -0.137. The first-order valence-corrected chi connectivity index (χ1v) is 11.4. The highest BCUT2D eigenvalue weighted by Crippen LogP contribution is 2.47. The van der Waals surface area contributed by atoms with Crippen molar-refractivity contribution in [1.29, 1.82) is 0 Å².